The summed E-state index contributed by atoms with van der Waals surface area (Å²) in [4.78, 5) is 11.2. The highest BCUT2D eigenvalue weighted by atomic mass is 32.1. The summed E-state index contributed by atoms with van der Waals surface area (Å²) < 4.78 is 0. The lowest BCUT2D eigenvalue weighted by Crippen LogP contribution is -2.07. The molecule has 2 aromatic heterocycles. The van der Waals surface area contributed by atoms with E-state index in [0.717, 1.165) is 39.2 Å². The molecule has 0 aromatic carbocycles. The van der Waals surface area contributed by atoms with E-state index in [1.54, 1.807) is 0 Å². The van der Waals surface area contributed by atoms with Gasteiger partial charge in [0.05, 0.1) is 10.6 Å². The van der Waals surface area contributed by atoms with Gasteiger partial charge in [-0.3, -0.25) is 0 Å². The third-order valence-corrected chi connectivity index (χ3v) is 4.40. The number of hydrogen-bond donors (Lipinski definition) is 1. The fourth-order valence-electron chi connectivity index (χ4n) is 2.16. The van der Waals surface area contributed by atoms with E-state index in [4.69, 9.17) is 10.2 Å². The van der Waals surface area contributed by atoms with Gasteiger partial charge in [0.25, 0.3) is 0 Å². The quantitative estimate of drug-likeness (QED) is 0.930. The van der Waals surface area contributed by atoms with Gasteiger partial charge < -0.3 is 5.32 Å². The van der Waals surface area contributed by atoms with E-state index in [-0.39, 0.29) is 0 Å². The van der Waals surface area contributed by atoms with E-state index in [1.165, 1.54) is 24.2 Å². The van der Waals surface area contributed by atoms with E-state index in [9.17, 15) is 0 Å². The van der Waals surface area contributed by atoms with Crippen molar-refractivity contribution >= 4 is 17.2 Å². The third-order valence-electron chi connectivity index (χ3n) is 3.40. The van der Waals surface area contributed by atoms with Crippen LogP contribution in [0.25, 0.3) is 10.6 Å². The summed E-state index contributed by atoms with van der Waals surface area (Å²) in [6.45, 7) is 4.95. The molecular formula is C15H16N4S. The van der Waals surface area contributed by atoms with Crippen molar-refractivity contribution in [2.24, 2.45) is 0 Å². The molecule has 0 aliphatic heterocycles. The van der Waals surface area contributed by atoms with Crippen LogP contribution in [0.1, 0.15) is 41.9 Å². The lowest BCUT2D eigenvalue weighted by Gasteiger charge is -2.12. The molecule has 5 heteroatoms. The van der Waals surface area contributed by atoms with Crippen molar-refractivity contribution in [3.05, 3.63) is 28.4 Å². The van der Waals surface area contributed by atoms with Crippen molar-refractivity contribution in [3.63, 3.8) is 0 Å². The van der Waals surface area contributed by atoms with E-state index in [2.05, 4.69) is 23.3 Å². The van der Waals surface area contributed by atoms with Gasteiger partial charge in [0.15, 0.2) is 0 Å². The standard InChI is InChI=1S/C15H16N4S/c1-3-17-14-9(2)13(12-7-6-11(8-16)20-12)18-15(19-14)10-4-5-10/h6-7,10H,3-5H2,1-2H3,(H,17,18,19). The minimum atomic E-state index is 0.516. The lowest BCUT2D eigenvalue weighted by atomic mass is 10.2. The van der Waals surface area contributed by atoms with Crippen LogP contribution < -0.4 is 5.32 Å². The van der Waals surface area contributed by atoms with Crippen LogP contribution in [-0.4, -0.2) is 16.5 Å². The van der Waals surface area contributed by atoms with Crippen molar-refractivity contribution in [2.75, 3.05) is 11.9 Å². The van der Waals surface area contributed by atoms with Crippen LogP contribution in [0.15, 0.2) is 12.1 Å². The Morgan fingerprint density at radius 3 is 2.80 bits per heavy atom. The van der Waals surface area contributed by atoms with Crippen LogP contribution in [0.3, 0.4) is 0 Å². The maximum atomic E-state index is 8.97. The van der Waals surface area contributed by atoms with Crippen LogP contribution in [-0.2, 0) is 0 Å². The van der Waals surface area contributed by atoms with E-state index >= 15 is 0 Å². The second kappa shape index (κ2) is 5.22. The zero-order chi connectivity index (χ0) is 14.1. The number of nitrogens with zero attached hydrogens (tertiary/aromatic N) is 3. The highest BCUT2D eigenvalue weighted by Gasteiger charge is 2.28. The molecule has 0 spiro atoms. The molecule has 1 fully saturated rings. The zero-order valence-corrected chi connectivity index (χ0v) is 12.4. The number of anilines is 1. The molecule has 4 nitrogen and oxygen atoms in total. The molecule has 2 aromatic rings. The fourth-order valence-corrected chi connectivity index (χ4v) is 3.01. The molecule has 0 saturated heterocycles. The number of rotatable bonds is 4. The Balaban J connectivity index is 2.10. The highest BCUT2D eigenvalue weighted by molar-refractivity contribution is 7.16. The van der Waals surface area contributed by atoms with Crippen molar-refractivity contribution in [2.45, 2.75) is 32.6 Å². The first-order valence-corrected chi connectivity index (χ1v) is 7.67. The molecule has 0 unspecified atom stereocenters. The Morgan fingerprint density at radius 1 is 1.40 bits per heavy atom. The summed E-state index contributed by atoms with van der Waals surface area (Å²) in [7, 11) is 0. The second-order valence-corrected chi connectivity index (χ2v) is 6.07. The van der Waals surface area contributed by atoms with Gasteiger partial charge in [-0.25, -0.2) is 9.97 Å². The molecule has 0 amide bonds. The van der Waals surface area contributed by atoms with Gasteiger partial charge in [0.1, 0.15) is 22.6 Å². The summed E-state index contributed by atoms with van der Waals surface area (Å²) >= 11 is 1.49. The summed E-state index contributed by atoms with van der Waals surface area (Å²) in [5, 5.41) is 12.3. The van der Waals surface area contributed by atoms with Gasteiger partial charge >= 0.3 is 0 Å². The maximum absolute atomic E-state index is 8.97. The van der Waals surface area contributed by atoms with Crippen LogP contribution >= 0.6 is 11.3 Å². The van der Waals surface area contributed by atoms with Crippen LogP contribution in [0.2, 0.25) is 0 Å². The molecule has 3 rings (SSSR count). The normalized spacial score (nSPS) is 14.1. The number of nitriles is 1. The average molecular weight is 284 g/mol. The molecule has 102 valence electrons. The summed E-state index contributed by atoms with van der Waals surface area (Å²) in [6, 6.07) is 6.02. The lowest BCUT2D eigenvalue weighted by molar-refractivity contribution is 0.919. The first kappa shape index (κ1) is 13.1. The minimum absolute atomic E-state index is 0.516. The largest absolute Gasteiger partial charge is 0.370 e. The summed E-state index contributed by atoms with van der Waals surface area (Å²) in [6.07, 6.45) is 2.36. The Kier molecular flexibility index (Phi) is 3.41. The molecule has 0 atom stereocenters. The first-order valence-electron chi connectivity index (χ1n) is 6.85. The second-order valence-electron chi connectivity index (χ2n) is 4.98. The van der Waals surface area contributed by atoms with Gasteiger partial charge in [-0.2, -0.15) is 5.26 Å². The molecule has 1 saturated carbocycles. The number of thiophene rings is 1. The maximum Gasteiger partial charge on any atom is 0.134 e. The predicted molar refractivity (Wildman–Crippen MR) is 80.9 cm³/mol. The number of hydrogen-bond acceptors (Lipinski definition) is 5. The topological polar surface area (TPSA) is 61.6 Å². The van der Waals surface area contributed by atoms with Gasteiger partial charge in [-0.15, -0.1) is 11.3 Å². The number of aromatic nitrogens is 2. The van der Waals surface area contributed by atoms with Gasteiger partial charge in [-0.05, 0) is 38.8 Å². The third kappa shape index (κ3) is 2.39. The molecule has 1 N–H and O–H groups in total. The first-order chi connectivity index (χ1) is 9.72. The van der Waals surface area contributed by atoms with Crippen LogP contribution in [0.5, 0.6) is 0 Å². The summed E-state index contributed by atoms with van der Waals surface area (Å²) in [5.41, 5.74) is 2.02. The van der Waals surface area contributed by atoms with Crippen molar-refractivity contribution in [1.82, 2.24) is 9.97 Å². The number of nitrogens with one attached hydrogen (secondary N) is 1. The predicted octanol–water partition coefficient (Wildman–Crippen LogP) is 3.69. The SMILES string of the molecule is CCNc1nc(C2CC2)nc(-c2ccc(C#N)s2)c1C. The molecule has 1 aliphatic carbocycles. The minimum Gasteiger partial charge on any atom is -0.370 e. The Morgan fingerprint density at radius 2 is 2.20 bits per heavy atom. The monoisotopic (exact) mass is 284 g/mol. The Labute approximate surface area is 122 Å². The molecule has 0 radical (unpaired) electrons. The molecular weight excluding hydrogens is 268 g/mol. The van der Waals surface area contributed by atoms with Crippen LogP contribution in [0.4, 0.5) is 5.82 Å². The molecule has 1 aliphatic rings. The zero-order valence-electron chi connectivity index (χ0n) is 11.6. The Hall–Kier alpha value is -1.93. The smallest absolute Gasteiger partial charge is 0.134 e. The van der Waals surface area contributed by atoms with Crippen molar-refractivity contribution in [3.8, 4) is 16.6 Å². The van der Waals surface area contributed by atoms with Gasteiger partial charge in [0.2, 0.25) is 0 Å². The van der Waals surface area contributed by atoms with Crippen LogP contribution in [0, 0.1) is 18.3 Å². The molecule has 20 heavy (non-hydrogen) atoms. The van der Waals surface area contributed by atoms with Gasteiger partial charge in [0, 0.05) is 18.0 Å². The molecule has 2 heterocycles. The Bertz CT molecular complexity index is 680. The summed E-state index contributed by atoms with van der Waals surface area (Å²) in [5.74, 6) is 2.38. The van der Waals surface area contributed by atoms with E-state index in [1.807, 2.05) is 19.1 Å². The van der Waals surface area contributed by atoms with Gasteiger partial charge in [-0.1, -0.05) is 0 Å². The average Bonchev–Trinajstić information content (AvgIpc) is 3.19. The highest BCUT2D eigenvalue weighted by Crippen LogP contribution is 2.40. The van der Waals surface area contributed by atoms with E-state index < -0.39 is 0 Å². The van der Waals surface area contributed by atoms with Crippen molar-refractivity contribution < 1.29 is 0 Å². The van der Waals surface area contributed by atoms with Crippen molar-refractivity contribution in [1.29, 1.82) is 5.26 Å². The molecule has 0 bridgehead atoms. The van der Waals surface area contributed by atoms with E-state index in [0.29, 0.717) is 5.92 Å². The fraction of sp³-hybridized carbons (Fsp3) is 0.400.